The van der Waals surface area contributed by atoms with Crippen molar-refractivity contribution in [3.05, 3.63) is 52.5 Å². The Hall–Kier alpha value is -3.18. The molecular weight excluding hydrogens is 320 g/mol. The average molecular weight is 338 g/mol. The first kappa shape index (κ1) is 16.7. The number of aliphatic hydroxyl groups is 1. The van der Waals surface area contributed by atoms with Crippen molar-refractivity contribution in [3.8, 4) is 6.07 Å². The van der Waals surface area contributed by atoms with E-state index >= 15 is 0 Å². The lowest BCUT2D eigenvalue weighted by Gasteiger charge is -2.27. The number of carbonyl (C=O) groups is 1. The Morgan fingerprint density at radius 3 is 2.76 bits per heavy atom. The SMILES string of the molecule is CC1=C(C(N)=O)C(c2ccc(C#N)cc2)n2nc(CCCO)nc2N1. The molecule has 8 nitrogen and oxygen atoms in total. The van der Waals surface area contributed by atoms with Crippen LogP contribution in [0.4, 0.5) is 5.95 Å². The molecule has 0 radical (unpaired) electrons. The van der Waals surface area contributed by atoms with Gasteiger partial charge in [0.15, 0.2) is 5.82 Å². The van der Waals surface area contributed by atoms with Gasteiger partial charge in [0, 0.05) is 18.7 Å². The van der Waals surface area contributed by atoms with E-state index < -0.39 is 11.9 Å². The van der Waals surface area contributed by atoms with Gasteiger partial charge in [0.05, 0.1) is 17.2 Å². The van der Waals surface area contributed by atoms with Crippen molar-refractivity contribution in [2.75, 3.05) is 11.9 Å². The lowest BCUT2D eigenvalue weighted by atomic mass is 9.95. The molecule has 1 amide bonds. The second-order valence-corrected chi connectivity index (χ2v) is 5.79. The molecule has 3 rings (SSSR count). The molecule has 0 spiro atoms. The van der Waals surface area contributed by atoms with Crippen LogP contribution in [0, 0.1) is 11.3 Å². The Bertz CT molecular complexity index is 876. The number of rotatable bonds is 5. The van der Waals surface area contributed by atoms with Gasteiger partial charge >= 0.3 is 0 Å². The minimum atomic E-state index is -0.544. The molecule has 1 aromatic carbocycles. The Morgan fingerprint density at radius 2 is 2.16 bits per heavy atom. The monoisotopic (exact) mass is 338 g/mol. The number of hydrogen-bond donors (Lipinski definition) is 3. The minimum absolute atomic E-state index is 0.0557. The number of nitrogens with one attached hydrogen (secondary N) is 1. The zero-order valence-electron chi connectivity index (χ0n) is 13.7. The quantitative estimate of drug-likeness (QED) is 0.741. The van der Waals surface area contributed by atoms with Crippen LogP contribution in [-0.4, -0.2) is 32.4 Å². The molecule has 0 bridgehead atoms. The van der Waals surface area contributed by atoms with Crippen LogP contribution >= 0.6 is 0 Å². The van der Waals surface area contributed by atoms with Crippen LogP contribution in [0.25, 0.3) is 0 Å². The van der Waals surface area contributed by atoms with Gasteiger partial charge in [0.25, 0.3) is 0 Å². The molecule has 1 aliphatic heterocycles. The molecule has 25 heavy (non-hydrogen) atoms. The number of nitrogens with zero attached hydrogens (tertiary/aromatic N) is 4. The molecule has 8 heteroatoms. The third-order valence-corrected chi connectivity index (χ3v) is 4.08. The minimum Gasteiger partial charge on any atom is -0.396 e. The van der Waals surface area contributed by atoms with E-state index in [0.717, 1.165) is 5.56 Å². The molecule has 128 valence electrons. The number of benzene rings is 1. The number of amides is 1. The fourth-order valence-corrected chi connectivity index (χ4v) is 2.91. The number of nitriles is 1. The first-order valence-corrected chi connectivity index (χ1v) is 7.89. The van der Waals surface area contributed by atoms with Crippen molar-refractivity contribution in [2.24, 2.45) is 5.73 Å². The summed E-state index contributed by atoms with van der Waals surface area (Å²) in [6.45, 7) is 1.82. The number of allylic oxidation sites excluding steroid dienone is 1. The van der Waals surface area contributed by atoms with Gasteiger partial charge in [-0.15, -0.1) is 0 Å². The molecule has 0 aliphatic carbocycles. The standard InChI is InChI=1S/C17H18N6O2/c1-10-14(16(19)25)15(12-6-4-11(9-18)5-7-12)23-17(20-10)21-13(22-23)3-2-8-24/h4-7,15,24H,2-3,8H2,1H3,(H2,19,25)(H,20,21,22). The van der Waals surface area contributed by atoms with Gasteiger partial charge in [-0.25, -0.2) is 4.68 Å². The number of fused-ring (bicyclic) bond motifs is 1. The van der Waals surface area contributed by atoms with Crippen LogP contribution in [0.2, 0.25) is 0 Å². The molecule has 4 N–H and O–H groups in total. The molecule has 1 atom stereocenters. The van der Waals surface area contributed by atoms with Gasteiger partial charge in [-0.1, -0.05) is 12.1 Å². The smallest absolute Gasteiger partial charge is 0.248 e. The third-order valence-electron chi connectivity index (χ3n) is 4.08. The van der Waals surface area contributed by atoms with Crippen LogP contribution in [0.1, 0.15) is 36.3 Å². The van der Waals surface area contributed by atoms with Crippen molar-refractivity contribution >= 4 is 11.9 Å². The molecule has 2 aromatic rings. The lowest BCUT2D eigenvalue weighted by molar-refractivity contribution is -0.115. The predicted octanol–water partition coefficient (Wildman–Crippen LogP) is 0.849. The first-order valence-electron chi connectivity index (χ1n) is 7.89. The Kier molecular flexibility index (Phi) is 4.50. The maximum absolute atomic E-state index is 12.0. The van der Waals surface area contributed by atoms with E-state index in [9.17, 15) is 4.79 Å². The molecule has 0 saturated heterocycles. The molecule has 1 unspecified atom stereocenters. The highest BCUT2D eigenvalue weighted by molar-refractivity contribution is 5.95. The van der Waals surface area contributed by atoms with E-state index in [-0.39, 0.29) is 6.61 Å². The van der Waals surface area contributed by atoms with Crippen molar-refractivity contribution in [1.82, 2.24) is 14.8 Å². The Balaban J connectivity index is 2.09. The van der Waals surface area contributed by atoms with Gasteiger partial charge in [0.1, 0.15) is 6.04 Å². The van der Waals surface area contributed by atoms with Crippen LogP contribution in [0.5, 0.6) is 0 Å². The number of nitrogens with two attached hydrogens (primary N) is 1. The Labute approximate surface area is 144 Å². The number of aryl methyl sites for hydroxylation is 1. The zero-order chi connectivity index (χ0) is 18.0. The van der Waals surface area contributed by atoms with Crippen molar-refractivity contribution in [3.63, 3.8) is 0 Å². The van der Waals surface area contributed by atoms with Gasteiger partial charge in [0.2, 0.25) is 11.9 Å². The molecular formula is C17H18N6O2. The van der Waals surface area contributed by atoms with E-state index in [1.807, 2.05) is 0 Å². The van der Waals surface area contributed by atoms with Gasteiger partial charge in [-0.2, -0.15) is 15.3 Å². The highest BCUT2D eigenvalue weighted by Crippen LogP contribution is 2.34. The van der Waals surface area contributed by atoms with E-state index in [1.54, 1.807) is 35.9 Å². The van der Waals surface area contributed by atoms with Gasteiger partial charge in [-0.3, -0.25) is 4.79 Å². The molecule has 1 aliphatic rings. The van der Waals surface area contributed by atoms with Gasteiger partial charge in [-0.05, 0) is 31.0 Å². The fourth-order valence-electron chi connectivity index (χ4n) is 2.91. The first-order chi connectivity index (χ1) is 12.0. The molecule has 1 aromatic heterocycles. The highest BCUT2D eigenvalue weighted by atomic mass is 16.3. The van der Waals surface area contributed by atoms with Crippen LogP contribution in [0.15, 0.2) is 35.5 Å². The van der Waals surface area contributed by atoms with E-state index in [1.165, 1.54) is 0 Å². The summed E-state index contributed by atoms with van der Waals surface area (Å²) in [4.78, 5) is 16.5. The summed E-state index contributed by atoms with van der Waals surface area (Å²) in [6, 6.07) is 8.50. The molecule has 0 fully saturated rings. The van der Waals surface area contributed by atoms with Crippen molar-refractivity contribution in [2.45, 2.75) is 25.8 Å². The Morgan fingerprint density at radius 1 is 1.44 bits per heavy atom. The third kappa shape index (κ3) is 3.09. The fraction of sp³-hybridized carbons (Fsp3) is 0.294. The number of hydrogen-bond acceptors (Lipinski definition) is 6. The summed E-state index contributed by atoms with van der Waals surface area (Å²) < 4.78 is 1.63. The summed E-state index contributed by atoms with van der Waals surface area (Å²) >= 11 is 0. The summed E-state index contributed by atoms with van der Waals surface area (Å²) in [5.74, 6) is 0.552. The van der Waals surface area contributed by atoms with Crippen LogP contribution < -0.4 is 11.1 Å². The number of carbonyl (C=O) groups excluding carboxylic acids is 1. The number of aromatic nitrogens is 3. The highest BCUT2D eigenvalue weighted by Gasteiger charge is 2.33. The number of anilines is 1. The van der Waals surface area contributed by atoms with Crippen LogP contribution in [-0.2, 0) is 11.2 Å². The van der Waals surface area contributed by atoms with Crippen molar-refractivity contribution < 1.29 is 9.90 Å². The average Bonchev–Trinajstić information content (AvgIpc) is 3.00. The summed E-state index contributed by atoms with van der Waals surface area (Å²) in [7, 11) is 0. The summed E-state index contributed by atoms with van der Waals surface area (Å²) in [5.41, 5.74) is 7.94. The maximum Gasteiger partial charge on any atom is 0.248 e. The largest absolute Gasteiger partial charge is 0.396 e. The topological polar surface area (TPSA) is 130 Å². The molecule has 0 saturated carbocycles. The summed E-state index contributed by atoms with van der Waals surface area (Å²) in [6.07, 6.45) is 1.09. The van der Waals surface area contributed by atoms with Crippen LogP contribution in [0.3, 0.4) is 0 Å². The van der Waals surface area contributed by atoms with Gasteiger partial charge < -0.3 is 16.2 Å². The lowest BCUT2D eigenvalue weighted by Crippen LogP contribution is -2.31. The zero-order valence-corrected chi connectivity index (χ0v) is 13.7. The normalized spacial score (nSPS) is 16.1. The van der Waals surface area contributed by atoms with E-state index in [2.05, 4.69) is 21.5 Å². The maximum atomic E-state index is 12.0. The van der Waals surface area contributed by atoms with Crippen molar-refractivity contribution in [1.29, 1.82) is 5.26 Å². The van der Waals surface area contributed by atoms with E-state index in [0.29, 0.717) is 41.4 Å². The number of primary amides is 1. The second kappa shape index (κ2) is 6.75. The second-order valence-electron chi connectivity index (χ2n) is 5.79. The molecule has 2 heterocycles. The predicted molar refractivity (Wildman–Crippen MR) is 90.2 cm³/mol. The summed E-state index contributed by atoms with van der Waals surface area (Å²) in [5, 5.41) is 25.5. The number of aliphatic hydroxyl groups excluding tert-OH is 1. The van der Waals surface area contributed by atoms with E-state index in [4.69, 9.17) is 16.1 Å².